The molecule has 1 heterocycles. The van der Waals surface area contributed by atoms with Crippen molar-refractivity contribution < 1.29 is 22.4 Å². The highest BCUT2D eigenvalue weighted by atomic mass is 32.1. The van der Waals surface area contributed by atoms with Crippen LogP contribution in [0.3, 0.4) is 0 Å². The zero-order valence-electron chi connectivity index (χ0n) is 9.54. The molecule has 0 aromatic heterocycles. The molecule has 2 atom stereocenters. The van der Waals surface area contributed by atoms with E-state index in [0.717, 1.165) is 11.6 Å². The predicted octanol–water partition coefficient (Wildman–Crippen LogP) is 1.84. The van der Waals surface area contributed by atoms with Gasteiger partial charge in [0.05, 0.1) is 0 Å². The second-order valence-electron chi connectivity index (χ2n) is 4.11. The molecular weight excluding hydrogens is 286 g/mol. The number of allylic oxidation sites excluding steroid dienone is 1. The van der Waals surface area contributed by atoms with E-state index in [9.17, 15) is 17.6 Å². The summed E-state index contributed by atoms with van der Waals surface area (Å²) in [4.78, 5) is 7.42. The molecule has 2 unspecified atom stereocenters. The highest BCUT2D eigenvalue weighted by molar-refractivity contribution is 7.78. The maximum absolute atomic E-state index is 14.4. The normalized spacial score (nSPS) is 30.9. The molecule has 9 heteroatoms. The van der Waals surface area contributed by atoms with Crippen LogP contribution in [0, 0.1) is 0 Å². The van der Waals surface area contributed by atoms with E-state index in [-0.39, 0.29) is 6.42 Å². The minimum atomic E-state index is -4.67. The highest BCUT2D eigenvalue weighted by Gasteiger charge is 2.48. The van der Waals surface area contributed by atoms with E-state index in [0.29, 0.717) is 6.54 Å². The Morgan fingerprint density at radius 3 is 2.79 bits per heavy atom. The Hall–Kier alpha value is -1.06. The molecule has 0 saturated carbocycles. The molecule has 19 heavy (non-hydrogen) atoms. The monoisotopic (exact) mass is 297 g/mol. The quantitative estimate of drug-likeness (QED) is 0.550. The number of amidine groups is 1. The van der Waals surface area contributed by atoms with E-state index in [1.165, 1.54) is 6.08 Å². The highest BCUT2D eigenvalue weighted by Crippen LogP contribution is 2.32. The molecular formula is C10H11F4N3OS. The van der Waals surface area contributed by atoms with E-state index < -0.39 is 23.9 Å². The summed E-state index contributed by atoms with van der Waals surface area (Å²) < 4.78 is 54.1. The first-order valence-electron chi connectivity index (χ1n) is 5.36. The number of hydroxylamine groups is 1. The second-order valence-corrected chi connectivity index (χ2v) is 4.42. The fourth-order valence-electron chi connectivity index (χ4n) is 1.67. The molecule has 2 rings (SSSR count). The Morgan fingerprint density at radius 2 is 2.32 bits per heavy atom. The molecule has 106 valence electrons. The Labute approximate surface area is 112 Å². The molecule has 0 fully saturated rings. The van der Waals surface area contributed by atoms with E-state index in [4.69, 9.17) is 0 Å². The van der Waals surface area contributed by atoms with E-state index in [2.05, 4.69) is 27.4 Å². The standard InChI is InChI=1S/C10H11F4N3OS/c11-9(3-1-6(2-4-9)5-15-19)7-16-8(18-17-7)10(12,13)14/h1-3,8,15,19H,4-5H2,(H,16,17). The van der Waals surface area contributed by atoms with E-state index in [1.807, 2.05) is 5.48 Å². The molecule has 0 spiro atoms. The maximum Gasteiger partial charge on any atom is 0.437 e. The van der Waals surface area contributed by atoms with Crippen LogP contribution in [0.5, 0.6) is 0 Å². The smallest absolute Gasteiger partial charge is 0.262 e. The SMILES string of the molecule is FC1(C2=NC(C(F)(F)F)ON2)C=CC(CNS)=CC1. The van der Waals surface area contributed by atoms with E-state index >= 15 is 0 Å². The molecule has 4 nitrogen and oxygen atoms in total. The lowest BCUT2D eigenvalue weighted by molar-refractivity contribution is -0.220. The van der Waals surface area contributed by atoms with Gasteiger partial charge in [-0.3, -0.25) is 4.72 Å². The summed E-state index contributed by atoms with van der Waals surface area (Å²) in [7, 11) is 0. The Kier molecular flexibility index (Phi) is 3.88. The van der Waals surface area contributed by atoms with Crippen molar-refractivity contribution in [2.24, 2.45) is 4.99 Å². The topological polar surface area (TPSA) is 45.6 Å². The van der Waals surface area contributed by atoms with Crippen LogP contribution in [0.4, 0.5) is 17.6 Å². The van der Waals surface area contributed by atoms with E-state index in [1.54, 1.807) is 6.08 Å². The van der Waals surface area contributed by atoms with Gasteiger partial charge >= 0.3 is 6.18 Å². The minimum Gasteiger partial charge on any atom is -0.262 e. The van der Waals surface area contributed by atoms with Crippen LogP contribution in [0.1, 0.15) is 6.42 Å². The van der Waals surface area contributed by atoms with Crippen LogP contribution in [-0.4, -0.2) is 30.5 Å². The second kappa shape index (κ2) is 5.14. The van der Waals surface area contributed by atoms with Crippen molar-refractivity contribution in [1.82, 2.24) is 10.2 Å². The zero-order valence-corrected chi connectivity index (χ0v) is 10.4. The van der Waals surface area contributed by atoms with Crippen molar-refractivity contribution in [1.29, 1.82) is 0 Å². The lowest BCUT2D eigenvalue weighted by atomic mass is 9.92. The van der Waals surface area contributed by atoms with Gasteiger partial charge in [-0.1, -0.05) is 25.0 Å². The lowest BCUT2D eigenvalue weighted by Crippen LogP contribution is -2.40. The summed E-state index contributed by atoms with van der Waals surface area (Å²) in [5.74, 6) is -0.472. The van der Waals surface area contributed by atoms with Gasteiger partial charge in [-0.15, -0.1) is 0 Å². The van der Waals surface area contributed by atoms with Gasteiger partial charge in [-0.25, -0.2) is 19.7 Å². The third kappa shape index (κ3) is 3.10. The summed E-state index contributed by atoms with van der Waals surface area (Å²) in [5, 5.41) is 0. The van der Waals surface area contributed by atoms with Crippen LogP contribution < -0.4 is 10.2 Å². The number of nitrogens with zero attached hydrogens (tertiary/aromatic N) is 1. The fraction of sp³-hybridized carbons (Fsp3) is 0.500. The van der Waals surface area contributed by atoms with Gasteiger partial charge in [0.25, 0.3) is 6.23 Å². The van der Waals surface area contributed by atoms with Gasteiger partial charge in [0.15, 0.2) is 11.5 Å². The third-order valence-electron chi connectivity index (χ3n) is 2.69. The van der Waals surface area contributed by atoms with Crippen LogP contribution >= 0.6 is 12.8 Å². The van der Waals surface area contributed by atoms with Gasteiger partial charge < -0.3 is 0 Å². The summed E-state index contributed by atoms with van der Waals surface area (Å²) >= 11 is 3.81. The number of hydrogen-bond donors (Lipinski definition) is 3. The first-order valence-corrected chi connectivity index (χ1v) is 5.81. The van der Waals surface area contributed by atoms with Crippen molar-refractivity contribution in [3.05, 3.63) is 23.8 Å². The molecule has 0 aromatic carbocycles. The predicted molar refractivity (Wildman–Crippen MR) is 64.2 cm³/mol. The van der Waals surface area contributed by atoms with Crippen LogP contribution in [0.15, 0.2) is 28.8 Å². The first kappa shape index (κ1) is 14.4. The van der Waals surface area contributed by atoms with Gasteiger partial charge in [-0.2, -0.15) is 13.2 Å². The minimum absolute atomic E-state index is 0.117. The third-order valence-corrected chi connectivity index (χ3v) is 2.85. The fourth-order valence-corrected chi connectivity index (χ4v) is 1.85. The summed E-state index contributed by atoms with van der Waals surface area (Å²) in [6.45, 7) is 0.428. The number of hydrogen-bond acceptors (Lipinski definition) is 5. The Balaban J connectivity index is 2.10. The molecule has 2 N–H and O–H groups in total. The number of alkyl halides is 4. The van der Waals surface area contributed by atoms with Crippen LogP contribution in [0.25, 0.3) is 0 Å². The number of aliphatic imine (C=N–C) groups is 1. The number of thiol groups is 1. The summed E-state index contributed by atoms with van der Waals surface area (Å²) in [6, 6.07) is 0. The van der Waals surface area contributed by atoms with Crippen molar-refractivity contribution in [3.63, 3.8) is 0 Å². The number of halogens is 4. The van der Waals surface area contributed by atoms with Crippen molar-refractivity contribution in [2.45, 2.75) is 24.5 Å². The Bertz CT molecular complexity index is 449. The molecule has 0 saturated heterocycles. The molecule has 0 aromatic rings. The average molecular weight is 297 g/mol. The Morgan fingerprint density at radius 1 is 1.58 bits per heavy atom. The molecule has 1 aliphatic heterocycles. The van der Waals surface area contributed by atoms with Gasteiger partial charge in [-0.05, 0) is 11.6 Å². The summed E-state index contributed by atoms with van der Waals surface area (Å²) in [5.41, 5.74) is 0.590. The van der Waals surface area contributed by atoms with Gasteiger partial charge in [0.1, 0.15) is 0 Å². The number of nitrogens with one attached hydrogen (secondary N) is 2. The van der Waals surface area contributed by atoms with Crippen LogP contribution in [-0.2, 0) is 4.84 Å². The first-order chi connectivity index (χ1) is 8.85. The zero-order chi connectivity index (χ0) is 14.1. The maximum atomic E-state index is 14.4. The summed E-state index contributed by atoms with van der Waals surface area (Å²) in [6.07, 6.45) is -2.96. The van der Waals surface area contributed by atoms with Crippen molar-refractivity contribution in [2.75, 3.05) is 6.54 Å². The number of rotatable bonds is 3. The largest absolute Gasteiger partial charge is 0.437 e. The van der Waals surface area contributed by atoms with Crippen LogP contribution in [0.2, 0.25) is 0 Å². The molecule has 2 aliphatic rings. The molecule has 1 aliphatic carbocycles. The lowest BCUT2D eigenvalue weighted by Gasteiger charge is -2.23. The van der Waals surface area contributed by atoms with Crippen molar-refractivity contribution >= 4 is 18.7 Å². The van der Waals surface area contributed by atoms with Gasteiger partial charge in [0, 0.05) is 13.0 Å². The molecule has 0 bridgehead atoms. The molecule has 0 radical (unpaired) electrons. The molecule has 0 amide bonds. The van der Waals surface area contributed by atoms with Crippen molar-refractivity contribution in [3.8, 4) is 0 Å². The van der Waals surface area contributed by atoms with Gasteiger partial charge in [0.2, 0.25) is 0 Å². The average Bonchev–Trinajstić information content (AvgIpc) is 2.82.